The van der Waals surface area contributed by atoms with Crippen LogP contribution in [-0.2, 0) is 0 Å². The van der Waals surface area contributed by atoms with Crippen molar-refractivity contribution in [2.75, 3.05) is 13.1 Å². The van der Waals surface area contributed by atoms with Gasteiger partial charge in [0.05, 0.1) is 0 Å². The van der Waals surface area contributed by atoms with Crippen molar-refractivity contribution in [1.29, 1.82) is 0 Å². The Hall–Kier alpha value is -2.21. The Morgan fingerprint density at radius 3 is 2.91 bits per heavy atom. The van der Waals surface area contributed by atoms with Gasteiger partial charge in [0.15, 0.2) is 5.69 Å². The molecule has 1 aliphatic rings. The van der Waals surface area contributed by atoms with E-state index >= 15 is 0 Å². The average molecular weight is 316 g/mol. The van der Waals surface area contributed by atoms with Crippen LogP contribution in [0, 0.1) is 11.7 Å². The molecule has 0 unspecified atom stereocenters. The molecule has 1 aromatic carbocycles. The lowest BCUT2D eigenvalue weighted by Crippen LogP contribution is -2.51. The predicted molar refractivity (Wildman–Crippen MR) is 85.8 cm³/mol. The third kappa shape index (κ3) is 2.99. The minimum absolute atomic E-state index is 0.0369. The van der Waals surface area contributed by atoms with Crippen LogP contribution in [0.25, 0.3) is 5.69 Å². The van der Waals surface area contributed by atoms with Gasteiger partial charge in [-0.3, -0.25) is 4.79 Å². The highest BCUT2D eigenvalue weighted by Crippen LogP contribution is 2.24. The molecular formula is C17H21FN4O. The number of rotatable bonds is 3. The number of amides is 1. The van der Waals surface area contributed by atoms with Gasteiger partial charge in [0, 0.05) is 25.3 Å². The zero-order valence-electron chi connectivity index (χ0n) is 13.2. The van der Waals surface area contributed by atoms with E-state index in [9.17, 15) is 9.18 Å². The van der Waals surface area contributed by atoms with E-state index in [1.54, 1.807) is 30.5 Å². The van der Waals surface area contributed by atoms with Gasteiger partial charge < -0.3 is 10.6 Å². The van der Waals surface area contributed by atoms with Gasteiger partial charge in [-0.2, -0.15) is 5.10 Å². The lowest BCUT2D eigenvalue weighted by molar-refractivity contribution is 0.0526. The summed E-state index contributed by atoms with van der Waals surface area (Å²) in [5, 5.41) is 4.25. The van der Waals surface area contributed by atoms with E-state index < -0.39 is 0 Å². The fourth-order valence-electron chi connectivity index (χ4n) is 3.22. The third-order valence-electron chi connectivity index (χ3n) is 4.53. The van der Waals surface area contributed by atoms with Crippen LogP contribution >= 0.6 is 0 Å². The van der Waals surface area contributed by atoms with Crippen molar-refractivity contribution in [2.45, 2.75) is 25.8 Å². The number of carbonyl (C=O) groups is 1. The molecular weight excluding hydrogens is 295 g/mol. The van der Waals surface area contributed by atoms with Gasteiger partial charge >= 0.3 is 0 Å². The smallest absolute Gasteiger partial charge is 0.274 e. The topological polar surface area (TPSA) is 64.2 Å². The summed E-state index contributed by atoms with van der Waals surface area (Å²) in [5.41, 5.74) is 6.49. The van der Waals surface area contributed by atoms with Crippen molar-refractivity contribution in [2.24, 2.45) is 11.7 Å². The largest absolute Gasteiger partial charge is 0.333 e. The Kier molecular flexibility index (Phi) is 4.43. The molecule has 5 nitrogen and oxygen atoms in total. The van der Waals surface area contributed by atoms with Gasteiger partial charge in [0.25, 0.3) is 5.91 Å². The molecule has 2 N–H and O–H groups in total. The van der Waals surface area contributed by atoms with Crippen LogP contribution in [0.3, 0.4) is 0 Å². The first kappa shape index (κ1) is 15.7. The van der Waals surface area contributed by atoms with Crippen molar-refractivity contribution in [3.8, 4) is 5.69 Å². The van der Waals surface area contributed by atoms with Crippen molar-refractivity contribution in [3.05, 3.63) is 48.0 Å². The van der Waals surface area contributed by atoms with E-state index in [4.69, 9.17) is 5.73 Å². The summed E-state index contributed by atoms with van der Waals surface area (Å²) in [6.07, 6.45) is 3.66. The maximum absolute atomic E-state index is 13.8. The number of likely N-dealkylation sites (tertiary alicyclic amines) is 1. The molecule has 0 bridgehead atoms. The molecule has 0 radical (unpaired) electrons. The molecule has 1 fully saturated rings. The van der Waals surface area contributed by atoms with E-state index in [-0.39, 0.29) is 17.8 Å². The maximum Gasteiger partial charge on any atom is 0.274 e. The lowest BCUT2D eigenvalue weighted by Gasteiger charge is -2.39. The third-order valence-corrected chi connectivity index (χ3v) is 4.53. The Balaban J connectivity index is 1.85. The standard InChI is InChI=1S/C17H21FN4O/c1-12-5-4-9-21(16(12)11-19)17(23)14-8-10-22(20-14)15-7-3-2-6-13(15)18/h2-3,6-8,10,12,16H,4-5,9,11,19H2,1H3/t12-,16+/m0/s1. The van der Waals surface area contributed by atoms with E-state index in [0.29, 0.717) is 30.4 Å². The number of carbonyl (C=O) groups excluding carboxylic acids is 1. The number of hydrogen-bond acceptors (Lipinski definition) is 3. The molecule has 23 heavy (non-hydrogen) atoms. The van der Waals surface area contributed by atoms with Crippen molar-refractivity contribution < 1.29 is 9.18 Å². The number of aromatic nitrogens is 2. The first-order chi connectivity index (χ1) is 11.1. The molecule has 0 spiro atoms. The van der Waals surface area contributed by atoms with E-state index in [2.05, 4.69) is 12.0 Å². The van der Waals surface area contributed by atoms with Gasteiger partial charge in [-0.25, -0.2) is 9.07 Å². The monoisotopic (exact) mass is 316 g/mol. The fraction of sp³-hybridized carbons (Fsp3) is 0.412. The maximum atomic E-state index is 13.8. The molecule has 1 saturated heterocycles. The molecule has 2 atom stereocenters. The predicted octanol–water partition coefficient (Wildman–Crippen LogP) is 2.21. The minimum atomic E-state index is -0.374. The van der Waals surface area contributed by atoms with Crippen molar-refractivity contribution >= 4 is 5.91 Å². The Morgan fingerprint density at radius 1 is 1.39 bits per heavy atom. The summed E-state index contributed by atoms with van der Waals surface area (Å²) in [5.74, 6) is -0.130. The SMILES string of the molecule is C[C@H]1CCCN(C(=O)c2ccn(-c3ccccc3F)n2)[C@@H]1CN. The Labute approximate surface area is 134 Å². The van der Waals surface area contributed by atoms with Crippen molar-refractivity contribution in [1.82, 2.24) is 14.7 Å². The van der Waals surface area contributed by atoms with Gasteiger partial charge in [0.1, 0.15) is 11.5 Å². The number of hydrogen-bond donors (Lipinski definition) is 1. The lowest BCUT2D eigenvalue weighted by atomic mass is 9.90. The van der Waals surface area contributed by atoms with Gasteiger partial charge in [0.2, 0.25) is 0 Å². The molecule has 0 saturated carbocycles. The fourth-order valence-corrected chi connectivity index (χ4v) is 3.22. The highest BCUT2D eigenvalue weighted by atomic mass is 19.1. The average Bonchev–Trinajstić information content (AvgIpc) is 3.04. The van der Waals surface area contributed by atoms with Crippen LogP contribution in [-0.4, -0.2) is 39.7 Å². The number of benzene rings is 1. The first-order valence-electron chi connectivity index (χ1n) is 7.93. The minimum Gasteiger partial charge on any atom is -0.333 e. The van der Waals surface area contributed by atoms with Crippen molar-refractivity contribution in [3.63, 3.8) is 0 Å². The summed E-state index contributed by atoms with van der Waals surface area (Å²) in [4.78, 5) is 14.6. The van der Waals surface area contributed by atoms with Gasteiger partial charge in [-0.15, -0.1) is 0 Å². The second-order valence-corrected chi connectivity index (χ2v) is 6.02. The molecule has 1 aliphatic heterocycles. The Morgan fingerprint density at radius 2 is 2.17 bits per heavy atom. The van der Waals surface area contributed by atoms with E-state index in [1.165, 1.54) is 10.7 Å². The zero-order valence-corrected chi connectivity index (χ0v) is 13.2. The summed E-state index contributed by atoms with van der Waals surface area (Å²) >= 11 is 0. The van der Waals surface area contributed by atoms with Gasteiger partial charge in [-0.05, 0) is 37.0 Å². The molecule has 2 aromatic rings. The van der Waals surface area contributed by atoms with E-state index in [0.717, 1.165) is 12.8 Å². The molecule has 2 heterocycles. The Bertz CT molecular complexity index is 699. The summed E-state index contributed by atoms with van der Waals surface area (Å²) < 4.78 is 15.2. The quantitative estimate of drug-likeness (QED) is 0.944. The van der Waals surface area contributed by atoms with Crippen LogP contribution < -0.4 is 5.73 Å². The second-order valence-electron chi connectivity index (χ2n) is 6.02. The summed E-state index contributed by atoms with van der Waals surface area (Å²) in [7, 11) is 0. The second kappa shape index (κ2) is 6.50. The first-order valence-corrected chi connectivity index (χ1v) is 7.93. The van der Waals surface area contributed by atoms with Crippen LogP contribution in [0.4, 0.5) is 4.39 Å². The van der Waals surface area contributed by atoms with Gasteiger partial charge in [-0.1, -0.05) is 19.1 Å². The highest BCUT2D eigenvalue weighted by Gasteiger charge is 2.32. The summed E-state index contributed by atoms with van der Waals surface area (Å²) in [6, 6.07) is 8.02. The van der Waals surface area contributed by atoms with Crippen LogP contribution in [0.5, 0.6) is 0 Å². The van der Waals surface area contributed by atoms with Crippen LogP contribution in [0.1, 0.15) is 30.3 Å². The number of nitrogens with zero attached hydrogens (tertiary/aromatic N) is 3. The van der Waals surface area contributed by atoms with E-state index in [1.807, 2.05) is 4.90 Å². The number of halogens is 1. The van der Waals surface area contributed by atoms with Crippen LogP contribution in [0.2, 0.25) is 0 Å². The van der Waals surface area contributed by atoms with Crippen LogP contribution in [0.15, 0.2) is 36.5 Å². The normalized spacial score (nSPS) is 21.4. The molecule has 6 heteroatoms. The zero-order chi connectivity index (χ0) is 16.4. The highest BCUT2D eigenvalue weighted by molar-refractivity contribution is 5.92. The molecule has 122 valence electrons. The number of para-hydroxylation sites is 1. The molecule has 3 rings (SSSR count). The summed E-state index contributed by atoms with van der Waals surface area (Å²) in [6.45, 7) is 3.26. The molecule has 0 aliphatic carbocycles. The molecule has 1 amide bonds. The number of nitrogens with two attached hydrogens (primary N) is 1. The molecule has 1 aromatic heterocycles. The number of piperidine rings is 1.